The van der Waals surface area contributed by atoms with Gasteiger partial charge in [-0.25, -0.2) is 4.98 Å². The number of aromatic nitrogens is 2. The van der Waals surface area contributed by atoms with E-state index in [-0.39, 0.29) is 11.2 Å². The van der Waals surface area contributed by atoms with Crippen molar-refractivity contribution in [3.05, 3.63) is 79.7 Å². The first-order valence-electron chi connectivity index (χ1n) is 10.8. The lowest BCUT2D eigenvalue weighted by atomic mass is 10.1. The first-order valence-corrected chi connectivity index (χ1v) is 10.8. The maximum absolute atomic E-state index is 12.7. The van der Waals surface area contributed by atoms with Crippen LogP contribution in [0, 0.1) is 10.1 Å². The minimum atomic E-state index is -0.420. The molecule has 9 nitrogen and oxygen atoms in total. The Hall–Kier alpha value is -3.59. The molecule has 0 fully saturated rings. The van der Waals surface area contributed by atoms with Gasteiger partial charge in [0.1, 0.15) is 11.5 Å². The summed E-state index contributed by atoms with van der Waals surface area (Å²) in [5, 5.41) is 11.0. The summed E-state index contributed by atoms with van der Waals surface area (Å²) in [5.74, 6) is 1.94. The lowest BCUT2D eigenvalue weighted by Crippen LogP contribution is -2.36. The number of nitro benzene ring substituents is 1. The highest BCUT2D eigenvalue weighted by Crippen LogP contribution is 2.27. The molecule has 0 bridgehead atoms. The zero-order valence-corrected chi connectivity index (χ0v) is 17.5. The highest BCUT2D eigenvalue weighted by Gasteiger charge is 2.23. The quantitative estimate of drug-likeness (QED) is 0.486. The lowest BCUT2D eigenvalue weighted by molar-refractivity contribution is -0.384. The molecule has 0 spiro atoms. The van der Waals surface area contributed by atoms with Crippen LogP contribution in [0.25, 0.3) is 11.3 Å². The van der Waals surface area contributed by atoms with Gasteiger partial charge < -0.3 is 9.40 Å². The number of nitro groups is 1. The van der Waals surface area contributed by atoms with Crippen LogP contribution in [0.3, 0.4) is 0 Å². The Balaban J connectivity index is 1.31. The summed E-state index contributed by atoms with van der Waals surface area (Å²) in [5.41, 5.74) is 3.04. The van der Waals surface area contributed by atoms with E-state index < -0.39 is 4.92 Å². The van der Waals surface area contributed by atoms with E-state index >= 15 is 0 Å². The monoisotopic (exact) mass is 433 g/mol. The molecule has 3 aromatic rings. The molecule has 2 aromatic heterocycles. The van der Waals surface area contributed by atoms with Crippen molar-refractivity contribution in [1.82, 2.24) is 14.9 Å². The normalized spacial score (nSPS) is 16.4. The third-order valence-electron chi connectivity index (χ3n) is 5.93. The number of hydrogen-bond donors (Lipinski definition) is 1. The van der Waals surface area contributed by atoms with Gasteiger partial charge in [0.15, 0.2) is 5.82 Å². The topological polar surface area (TPSA) is 118 Å². The fourth-order valence-electron chi connectivity index (χ4n) is 4.25. The predicted octanol–water partition coefficient (Wildman–Crippen LogP) is 3.47. The molecule has 0 aliphatic carbocycles. The maximum atomic E-state index is 12.7. The van der Waals surface area contributed by atoms with Gasteiger partial charge in [0.05, 0.1) is 28.4 Å². The van der Waals surface area contributed by atoms with Crippen molar-refractivity contribution in [3.63, 3.8) is 0 Å². The molecule has 164 valence electrons. The van der Waals surface area contributed by atoms with Crippen LogP contribution in [-0.2, 0) is 19.5 Å². The Kier molecular flexibility index (Phi) is 5.40. The van der Waals surface area contributed by atoms with E-state index in [1.165, 1.54) is 12.1 Å². The molecule has 5 rings (SSSR count). The Bertz CT molecular complexity index is 1260. The number of furan rings is 1. The Morgan fingerprint density at radius 3 is 2.91 bits per heavy atom. The van der Waals surface area contributed by atoms with Gasteiger partial charge in [0.2, 0.25) is 0 Å². The molecule has 1 N–H and O–H groups in total. The summed E-state index contributed by atoms with van der Waals surface area (Å²) >= 11 is 0. The molecule has 9 heteroatoms. The zero-order valence-electron chi connectivity index (χ0n) is 17.5. The summed E-state index contributed by atoms with van der Waals surface area (Å²) in [4.78, 5) is 37.7. The zero-order chi connectivity index (χ0) is 22.1. The Morgan fingerprint density at radius 1 is 1.19 bits per heavy atom. The highest BCUT2D eigenvalue weighted by atomic mass is 16.6. The molecular weight excluding hydrogens is 410 g/mol. The number of H-pyrrole nitrogens is 1. The minimum Gasteiger partial charge on any atom is -0.460 e. The van der Waals surface area contributed by atoms with Gasteiger partial charge in [0, 0.05) is 43.8 Å². The van der Waals surface area contributed by atoms with E-state index in [1.54, 1.807) is 12.1 Å². The van der Waals surface area contributed by atoms with Gasteiger partial charge in [-0.1, -0.05) is 12.1 Å². The number of benzene rings is 1. The van der Waals surface area contributed by atoms with Crippen LogP contribution in [0.2, 0.25) is 0 Å². The maximum Gasteiger partial charge on any atom is 0.270 e. The molecule has 2 aliphatic heterocycles. The summed E-state index contributed by atoms with van der Waals surface area (Å²) in [6.45, 7) is 2.60. The number of nitrogens with zero attached hydrogens (tertiary/aromatic N) is 4. The van der Waals surface area contributed by atoms with Gasteiger partial charge in [-0.3, -0.25) is 24.8 Å². The number of nitrogens with one attached hydrogen (secondary N) is 1. The first-order chi connectivity index (χ1) is 15.6. The van der Waals surface area contributed by atoms with Crippen molar-refractivity contribution >= 4 is 11.4 Å². The van der Waals surface area contributed by atoms with Crippen LogP contribution in [0.1, 0.15) is 42.1 Å². The predicted molar refractivity (Wildman–Crippen MR) is 119 cm³/mol. The van der Waals surface area contributed by atoms with Crippen molar-refractivity contribution in [1.29, 1.82) is 0 Å². The smallest absolute Gasteiger partial charge is 0.270 e. The molecule has 0 saturated heterocycles. The Morgan fingerprint density at radius 2 is 2.09 bits per heavy atom. The second-order valence-corrected chi connectivity index (χ2v) is 8.16. The van der Waals surface area contributed by atoms with Gasteiger partial charge in [-0.2, -0.15) is 0 Å². The fraction of sp³-hybridized carbons (Fsp3) is 0.348. The highest BCUT2D eigenvalue weighted by molar-refractivity contribution is 5.97. The van der Waals surface area contributed by atoms with E-state index in [0.29, 0.717) is 42.2 Å². The van der Waals surface area contributed by atoms with Crippen molar-refractivity contribution in [3.8, 4) is 11.3 Å². The Labute approximate surface area is 184 Å². The van der Waals surface area contributed by atoms with Crippen LogP contribution in [-0.4, -0.2) is 38.6 Å². The second kappa shape index (κ2) is 8.51. The molecule has 2 aliphatic rings. The number of fused-ring (bicyclic) bond motifs is 1. The van der Waals surface area contributed by atoms with Crippen LogP contribution in [0.4, 0.5) is 5.69 Å². The van der Waals surface area contributed by atoms with Gasteiger partial charge in [0.25, 0.3) is 11.2 Å². The molecule has 0 radical (unpaired) electrons. The molecular formula is C23H23N5O4. The van der Waals surface area contributed by atoms with Crippen LogP contribution < -0.4 is 5.56 Å². The van der Waals surface area contributed by atoms with Crippen LogP contribution in [0.5, 0.6) is 0 Å². The number of rotatable bonds is 5. The van der Waals surface area contributed by atoms with Gasteiger partial charge in [-0.05, 0) is 31.4 Å². The van der Waals surface area contributed by atoms with Crippen molar-refractivity contribution in [2.24, 2.45) is 4.99 Å². The third-order valence-corrected chi connectivity index (χ3v) is 5.93. The fourth-order valence-corrected chi connectivity index (χ4v) is 4.25. The van der Waals surface area contributed by atoms with Gasteiger partial charge in [-0.15, -0.1) is 0 Å². The van der Waals surface area contributed by atoms with Crippen LogP contribution in [0.15, 0.2) is 50.6 Å². The average molecular weight is 433 g/mol. The SMILES string of the molecule is O=c1[nH]c(C2=NCCCC2)nc2c1CN(Cc1ccc(-c3cccc([N+](=O)[O-])c3)o1)CC2. The van der Waals surface area contributed by atoms with Crippen molar-refractivity contribution in [2.45, 2.75) is 38.8 Å². The minimum absolute atomic E-state index is 0.0263. The second-order valence-electron chi connectivity index (χ2n) is 8.16. The molecule has 32 heavy (non-hydrogen) atoms. The number of non-ortho nitro benzene ring substituents is 1. The number of aromatic amines is 1. The molecule has 1 aromatic carbocycles. The first kappa shape index (κ1) is 20.3. The molecule has 0 saturated carbocycles. The van der Waals surface area contributed by atoms with E-state index in [4.69, 9.17) is 9.40 Å². The third kappa shape index (κ3) is 4.11. The summed E-state index contributed by atoms with van der Waals surface area (Å²) < 4.78 is 5.94. The van der Waals surface area contributed by atoms with Gasteiger partial charge >= 0.3 is 0 Å². The van der Waals surface area contributed by atoms with E-state index in [9.17, 15) is 14.9 Å². The summed E-state index contributed by atoms with van der Waals surface area (Å²) in [6, 6.07) is 10.1. The average Bonchev–Trinajstić information content (AvgIpc) is 3.28. The lowest BCUT2D eigenvalue weighted by Gasteiger charge is -2.27. The molecule has 4 heterocycles. The molecule has 0 atom stereocenters. The van der Waals surface area contributed by atoms with Crippen LogP contribution >= 0.6 is 0 Å². The van der Waals surface area contributed by atoms with E-state index in [0.717, 1.165) is 49.5 Å². The summed E-state index contributed by atoms with van der Waals surface area (Å²) in [6.07, 6.45) is 3.72. The van der Waals surface area contributed by atoms with E-state index in [1.807, 2.05) is 12.1 Å². The van der Waals surface area contributed by atoms with Crippen molar-refractivity contribution < 1.29 is 9.34 Å². The molecule has 0 unspecified atom stereocenters. The standard InChI is InChI=1S/C23H23N5O4/c29-23-18-14-27(11-9-19(18)25-22(26-23)20-6-1-2-10-24-20)13-17-7-8-21(32-17)15-4-3-5-16(12-15)28(30)31/h3-5,7-8,12H,1-2,6,9-11,13-14H2,(H,25,26,29). The number of hydrogen-bond acceptors (Lipinski definition) is 7. The summed E-state index contributed by atoms with van der Waals surface area (Å²) in [7, 11) is 0. The van der Waals surface area contributed by atoms with E-state index in [2.05, 4.69) is 14.9 Å². The van der Waals surface area contributed by atoms with Crippen molar-refractivity contribution in [2.75, 3.05) is 13.1 Å². The number of aliphatic imine (C=N–C) groups is 1. The molecule has 0 amide bonds. The largest absolute Gasteiger partial charge is 0.460 e.